The minimum atomic E-state index is 0.364. The number of imidazole rings is 1. The predicted molar refractivity (Wildman–Crippen MR) is 139 cm³/mol. The van der Waals surface area contributed by atoms with Gasteiger partial charge in [-0.3, -0.25) is 0 Å². The minimum absolute atomic E-state index is 0.364. The Hall–Kier alpha value is -3.60. The van der Waals surface area contributed by atoms with Crippen molar-refractivity contribution in [2.45, 2.75) is 54.1 Å². The van der Waals surface area contributed by atoms with Gasteiger partial charge in [0.25, 0.3) is 0 Å². The van der Waals surface area contributed by atoms with Crippen LogP contribution < -0.4 is 10.6 Å². The molecule has 0 fully saturated rings. The molecule has 0 aliphatic rings. The SMILES string of the molecule is Cc1c(C)c(-c2ccc(NC(C)C)nc2)c(C)c(C)c1-c1ccc(NCc2cnc[nH]2)cc1. The summed E-state index contributed by atoms with van der Waals surface area (Å²) in [5.41, 5.74) is 12.4. The summed E-state index contributed by atoms with van der Waals surface area (Å²) >= 11 is 0. The van der Waals surface area contributed by atoms with E-state index in [1.165, 1.54) is 38.9 Å². The summed E-state index contributed by atoms with van der Waals surface area (Å²) in [6.45, 7) is 13.9. The molecule has 5 heteroatoms. The molecule has 0 amide bonds. The van der Waals surface area contributed by atoms with Crippen molar-refractivity contribution in [2.24, 2.45) is 0 Å². The van der Waals surface area contributed by atoms with Crippen LogP contribution in [-0.2, 0) is 6.54 Å². The molecule has 2 heterocycles. The highest BCUT2D eigenvalue weighted by Crippen LogP contribution is 2.39. The van der Waals surface area contributed by atoms with Crippen molar-refractivity contribution in [1.82, 2.24) is 15.0 Å². The fourth-order valence-corrected chi connectivity index (χ4v) is 4.43. The zero-order chi connectivity index (χ0) is 23.5. The lowest BCUT2D eigenvalue weighted by molar-refractivity contribution is 0.889. The molecule has 0 atom stereocenters. The van der Waals surface area contributed by atoms with Crippen molar-refractivity contribution in [3.63, 3.8) is 0 Å². The minimum Gasteiger partial charge on any atom is -0.379 e. The van der Waals surface area contributed by atoms with E-state index in [1.54, 1.807) is 6.33 Å². The van der Waals surface area contributed by atoms with Crippen LogP contribution in [0.2, 0.25) is 0 Å². The predicted octanol–water partition coefficient (Wildman–Crippen LogP) is 6.80. The molecular formula is C28H33N5. The summed E-state index contributed by atoms with van der Waals surface area (Å²) in [4.78, 5) is 11.8. The maximum Gasteiger partial charge on any atom is 0.126 e. The van der Waals surface area contributed by atoms with Crippen LogP contribution in [-0.4, -0.2) is 21.0 Å². The van der Waals surface area contributed by atoms with Crippen LogP contribution in [0.3, 0.4) is 0 Å². The molecule has 4 aromatic rings. The van der Waals surface area contributed by atoms with E-state index in [4.69, 9.17) is 0 Å². The van der Waals surface area contributed by atoms with Gasteiger partial charge in [0, 0.05) is 29.7 Å². The number of aromatic nitrogens is 3. The van der Waals surface area contributed by atoms with Gasteiger partial charge < -0.3 is 15.6 Å². The van der Waals surface area contributed by atoms with Crippen LogP contribution in [0.15, 0.2) is 55.1 Å². The summed E-state index contributed by atoms with van der Waals surface area (Å²) in [7, 11) is 0. The quantitative estimate of drug-likeness (QED) is 0.296. The number of pyridine rings is 1. The second-order valence-corrected chi connectivity index (χ2v) is 8.99. The van der Waals surface area contributed by atoms with E-state index in [-0.39, 0.29) is 0 Å². The summed E-state index contributed by atoms with van der Waals surface area (Å²) in [6.07, 6.45) is 5.52. The van der Waals surface area contributed by atoms with Crippen LogP contribution in [0.5, 0.6) is 0 Å². The Bertz CT molecular complexity index is 1190. The molecule has 3 N–H and O–H groups in total. The lowest BCUT2D eigenvalue weighted by atomic mass is 9.84. The second-order valence-electron chi connectivity index (χ2n) is 8.99. The summed E-state index contributed by atoms with van der Waals surface area (Å²) < 4.78 is 0. The average molecular weight is 440 g/mol. The van der Waals surface area contributed by atoms with Crippen LogP contribution in [0.4, 0.5) is 11.5 Å². The maximum absolute atomic E-state index is 4.64. The van der Waals surface area contributed by atoms with Gasteiger partial charge in [-0.05, 0) is 105 Å². The fourth-order valence-electron chi connectivity index (χ4n) is 4.43. The van der Waals surface area contributed by atoms with Gasteiger partial charge in [-0.2, -0.15) is 0 Å². The van der Waals surface area contributed by atoms with Crippen LogP contribution in [0.25, 0.3) is 22.3 Å². The summed E-state index contributed by atoms with van der Waals surface area (Å²) in [5.74, 6) is 0.912. The molecule has 0 saturated carbocycles. The number of anilines is 2. The van der Waals surface area contributed by atoms with Crippen LogP contribution >= 0.6 is 0 Å². The standard InChI is InChI=1S/C28H33N5/c1-17(2)33-26-12-9-23(13-31-26)28-20(5)18(3)27(19(4)21(28)6)22-7-10-24(11-8-22)30-15-25-14-29-16-32-25/h7-14,16-17,30H,15H2,1-6H3,(H,29,32)(H,31,33). The Balaban J connectivity index is 1.64. The molecule has 0 aliphatic heterocycles. The van der Waals surface area contributed by atoms with Gasteiger partial charge in [0.2, 0.25) is 0 Å². The van der Waals surface area contributed by atoms with Crippen LogP contribution in [0.1, 0.15) is 41.8 Å². The Morgan fingerprint density at radius 3 is 1.91 bits per heavy atom. The number of hydrogen-bond donors (Lipinski definition) is 3. The summed E-state index contributed by atoms with van der Waals surface area (Å²) in [5, 5.41) is 6.81. The third kappa shape index (κ3) is 4.77. The molecule has 0 saturated heterocycles. The van der Waals surface area contributed by atoms with E-state index in [0.717, 1.165) is 29.3 Å². The van der Waals surface area contributed by atoms with Gasteiger partial charge >= 0.3 is 0 Å². The molecule has 0 aliphatic carbocycles. The first-order valence-corrected chi connectivity index (χ1v) is 11.5. The smallest absolute Gasteiger partial charge is 0.126 e. The molecular weight excluding hydrogens is 406 g/mol. The monoisotopic (exact) mass is 439 g/mol. The Labute approximate surface area is 196 Å². The second kappa shape index (κ2) is 9.49. The number of rotatable bonds is 7. The van der Waals surface area contributed by atoms with Crippen molar-refractivity contribution < 1.29 is 0 Å². The Morgan fingerprint density at radius 2 is 1.39 bits per heavy atom. The van der Waals surface area contributed by atoms with Gasteiger partial charge in [-0.25, -0.2) is 9.97 Å². The molecule has 2 aromatic carbocycles. The molecule has 0 spiro atoms. The zero-order valence-electron chi connectivity index (χ0n) is 20.4. The van der Waals surface area contributed by atoms with Gasteiger partial charge in [0.05, 0.1) is 18.6 Å². The topological polar surface area (TPSA) is 65.6 Å². The highest BCUT2D eigenvalue weighted by atomic mass is 15.0. The van der Waals surface area contributed by atoms with E-state index in [9.17, 15) is 0 Å². The third-order valence-corrected chi connectivity index (χ3v) is 6.33. The lowest BCUT2D eigenvalue weighted by Gasteiger charge is -2.21. The van der Waals surface area contributed by atoms with Crippen molar-refractivity contribution >= 4 is 11.5 Å². The average Bonchev–Trinajstić information content (AvgIpc) is 3.32. The molecule has 0 unspecified atom stereocenters. The first kappa shape index (κ1) is 22.6. The Kier molecular flexibility index (Phi) is 6.50. The third-order valence-electron chi connectivity index (χ3n) is 6.33. The molecule has 0 radical (unpaired) electrons. The first-order valence-electron chi connectivity index (χ1n) is 11.5. The number of nitrogens with zero attached hydrogens (tertiary/aromatic N) is 2. The van der Waals surface area contributed by atoms with E-state index in [0.29, 0.717) is 6.04 Å². The van der Waals surface area contributed by atoms with Crippen molar-refractivity contribution in [3.8, 4) is 22.3 Å². The largest absolute Gasteiger partial charge is 0.379 e. The zero-order valence-corrected chi connectivity index (χ0v) is 20.4. The van der Waals surface area contributed by atoms with Gasteiger partial charge in [0.15, 0.2) is 0 Å². The van der Waals surface area contributed by atoms with Crippen molar-refractivity contribution in [3.05, 3.63) is 83.1 Å². The molecule has 2 aromatic heterocycles. The number of aromatic amines is 1. The van der Waals surface area contributed by atoms with Crippen LogP contribution in [0, 0.1) is 27.7 Å². The van der Waals surface area contributed by atoms with E-state index in [1.807, 2.05) is 12.4 Å². The summed E-state index contributed by atoms with van der Waals surface area (Å²) in [6, 6.07) is 13.3. The van der Waals surface area contributed by atoms with Crippen molar-refractivity contribution in [2.75, 3.05) is 10.6 Å². The molecule has 5 nitrogen and oxygen atoms in total. The van der Waals surface area contributed by atoms with Gasteiger partial charge in [-0.15, -0.1) is 0 Å². The highest BCUT2D eigenvalue weighted by Gasteiger charge is 2.17. The van der Waals surface area contributed by atoms with Crippen molar-refractivity contribution in [1.29, 1.82) is 0 Å². The molecule has 4 rings (SSSR count). The maximum atomic E-state index is 4.64. The van der Waals surface area contributed by atoms with Gasteiger partial charge in [0.1, 0.15) is 5.82 Å². The lowest BCUT2D eigenvalue weighted by Crippen LogP contribution is -2.10. The number of hydrogen-bond acceptors (Lipinski definition) is 4. The van der Waals surface area contributed by atoms with E-state index in [2.05, 4.69) is 104 Å². The van der Waals surface area contributed by atoms with E-state index >= 15 is 0 Å². The molecule has 0 bridgehead atoms. The number of benzene rings is 2. The normalized spacial score (nSPS) is 11.1. The Morgan fingerprint density at radius 1 is 0.788 bits per heavy atom. The van der Waals surface area contributed by atoms with E-state index < -0.39 is 0 Å². The van der Waals surface area contributed by atoms with Gasteiger partial charge in [-0.1, -0.05) is 12.1 Å². The number of nitrogens with one attached hydrogen (secondary N) is 3. The number of H-pyrrole nitrogens is 1. The molecule has 33 heavy (non-hydrogen) atoms. The fraction of sp³-hybridized carbons (Fsp3) is 0.286. The molecule has 170 valence electrons. The highest BCUT2D eigenvalue weighted by molar-refractivity contribution is 5.83. The first-order chi connectivity index (χ1) is 15.8.